The van der Waals surface area contributed by atoms with Gasteiger partial charge in [0.15, 0.2) is 0 Å². The van der Waals surface area contributed by atoms with Crippen molar-refractivity contribution < 1.29 is 23.0 Å². The second-order valence-electron chi connectivity index (χ2n) is 3.75. The first-order valence-corrected chi connectivity index (χ1v) is 5.62. The molecule has 0 saturated carbocycles. The average Bonchev–Trinajstić information content (AvgIpc) is 2.32. The Morgan fingerprint density at radius 1 is 1.47 bits per heavy atom. The lowest BCUT2D eigenvalue weighted by Crippen LogP contribution is -2.11. The van der Waals surface area contributed by atoms with Crippen LogP contribution in [0.25, 0.3) is 0 Å². The van der Waals surface area contributed by atoms with Gasteiger partial charge in [0.25, 0.3) is 0 Å². The smallest absolute Gasteiger partial charge is 0.387 e. The number of aryl methyl sites for hydroxylation is 1. The summed E-state index contributed by atoms with van der Waals surface area (Å²) in [4.78, 5) is 11.4. The lowest BCUT2D eigenvalue weighted by Gasteiger charge is -2.12. The first kappa shape index (κ1) is 14.9. The predicted octanol–water partition coefficient (Wildman–Crippen LogP) is 2.57. The van der Waals surface area contributed by atoms with E-state index in [9.17, 15) is 13.6 Å². The minimum Gasteiger partial charge on any atom is -0.466 e. The van der Waals surface area contributed by atoms with Crippen LogP contribution in [0.5, 0.6) is 5.75 Å². The minimum absolute atomic E-state index is 0.112. The van der Waals surface area contributed by atoms with Crippen LogP contribution in [-0.2, 0) is 16.0 Å². The van der Waals surface area contributed by atoms with Crippen LogP contribution in [0.1, 0.15) is 23.6 Å². The Hall–Kier alpha value is -2.16. The molecule has 0 aliphatic heterocycles. The van der Waals surface area contributed by atoms with Gasteiger partial charge in [-0.1, -0.05) is 0 Å². The fourth-order valence-electron chi connectivity index (χ4n) is 1.56. The van der Waals surface area contributed by atoms with E-state index < -0.39 is 12.6 Å². The van der Waals surface area contributed by atoms with E-state index >= 15 is 0 Å². The highest BCUT2D eigenvalue weighted by Crippen LogP contribution is 2.25. The number of halogens is 2. The van der Waals surface area contributed by atoms with Gasteiger partial charge >= 0.3 is 12.6 Å². The third-order valence-corrected chi connectivity index (χ3v) is 2.38. The van der Waals surface area contributed by atoms with E-state index in [-0.39, 0.29) is 24.3 Å². The summed E-state index contributed by atoms with van der Waals surface area (Å²) in [7, 11) is 0. The number of rotatable bonds is 5. The monoisotopic (exact) mass is 269 g/mol. The van der Waals surface area contributed by atoms with Crippen molar-refractivity contribution in [2.24, 2.45) is 0 Å². The molecule has 0 unspecified atom stereocenters. The largest absolute Gasteiger partial charge is 0.466 e. The number of carbonyl (C=O) groups excluding carboxylic acids is 1. The number of carbonyl (C=O) groups is 1. The number of nitriles is 1. The molecule has 0 aliphatic carbocycles. The molecule has 0 bridgehead atoms. The minimum atomic E-state index is -2.99. The fourth-order valence-corrected chi connectivity index (χ4v) is 1.56. The van der Waals surface area contributed by atoms with Crippen molar-refractivity contribution in [1.29, 1.82) is 5.26 Å². The lowest BCUT2D eigenvalue weighted by atomic mass is 10.0. The Bertz CT molecular complexity index is 509. The summed E-state index contributed by atoms with van der Waals surface area (Å²) < 4.78 is 33.7. The van der Waals surface area contributed by atoms with Gasteiger partial charge < -0.3 is 9.47 Å². The van der Waals surface area contributed by atoms with Gasteiger partial charge in [0.05, 0.1) is 24.7 Å². The van der Waals surface area contributed by atoms with Crippen molar-refractivity contribution >= 4 is 5.97 Å². The molecule has 6 heteroatoms. The number of esters is 1. The van der Waals surface area contributed by atoms with Crippen LogP contribution in [0.3, 0.4) is 0 Å². The molecule has 0 aromatic heterocycles. The quantitative estimate of drug-likeness (QED) is 0.771. The van der Waals surface area contributed by atoms with Crippen LogP contribution < -0.4 is 4.74 Å². The Morgan fingerprint density at radius 3 is 2.68 bits per heavy atom. The van der Waals surface area contributed by atoms with Crippen LogP contribution in [0.4, 0.5) is 8.78 Å². The first-order chi connectivity index (χ1) is 8.97. The highest BCUT2D eigenvalue weighted by Gasteiger charge is 2.16. The molecule has 4 nitrogen and oxygen atoms in total. The predicted molar refractivity (Wildman–Crippen MR) is 62.9 cm³/mol. The van der Waals surface area contributed by atoms with Crippen LogP contribution >= 0.6 is 0 Å². The summed E-state index contributed by atoms with van der Waals surface area (Å²) in [6.45, 7) is 0.448. The summed E-state index contributed by atoms with van der Waals surface area (Å²) in [6, 6.07) is 4.61. The highest BCUT2D eigenvalue weighted by atomic mass is 19.3. The van der Waals surface area contributed by atoms with Gasteiger partial charge in [0.2, 0.25) is 0 Å². The number of ether oxygens (including phenoxy) is 2. The molecule has 0 radical (unpaired) electrons. The molecular formula is C13H13F2NO3. The molecule has 0 saturated heterocycles. The molecule has 0 aliphatic rings. The highest BCUT2D eigenvalue weighted by molar-refractivity contribution is 5.74. The van der Waals surface area contributed by atoms with E-state index in [1.807, 2.05) is 6.07 Å². The summed E-state index contributed by atoms with van der Waals surface area (Å²) in [5, 5.41) is 8.90. The molecule has 1 aromatic rings. The Balaban J connectivity index is 3.10. The Labute approximate surface area is 109 Å². The van der Waals surface area contributed by atoms with Gasteiger partial charge in [-0.05, 0) is 31.5 Å². The number of alkyl halides is 2. The molecule has 102 valence electrons. The zero-order valence-corrected chi connectivity index (χ0v) is 10.6. The van der Waals surface area contributed by atoms with E-state index in [2.05, 4.69) is 4.74 Å². The van der Waals surface area contributed by atoms with E-state index in [0.717, 1.165) is 0 Å². The number of nitrogens with zero attached hydrogens (tertiary/aromatic N) is 1. The number of hydrogen-bond acceptors (Lipinski definition) is 4. The third kappa shape index (κ3) is 4.21. The van der Waals surface area contributed by atoms with Gasteiger partial charge in [0, 0.05) is 5.56 Å². The number of hydrogen-bond donors (Lipinski definition) is 0. The van der Waals surface area contributed by atoms with E-state index in [0.29, 0.717) is 11.1 Å². The number of benzene rings is 1. The van der Waals surface area contributed by atoms with Crippen molar-refractivity contribution in [3.8, 4) is 11.8 Å². The van der Waals surface area contributed by atoms with Gasteiger partial charge in [-0.3, -0.25) is 4.79 Å². The van der Waals surface area contributed by atoms with Gasteiger partial charge in [-0.25, -0.2) is 0 Å². The van der Waals surface area contributed by atoms with Gasteiger partial charge in [-0.15, -0.1) is 0 Å². The molecule has 1 rings (SSSR count). The van der Waals surface area contributed by atoms with Crippen molar-refractivity contribution in [1.82, 2.24) is 0 Å². The molecule has 0 atom stereocenters. The zero-order chi connectivity index (χ0) is 14.4. The Morgan fingerprint density at radius 2 is 2.16 bits per heavy atom. The molecular weight excluding hydrogens is 256 g/mol. The summed E-state index contributed by atoms with van der Waals surface area (Å²) in [5.74, 6) is -0.672. The van der Waals surface area contributed by atoms with Crippen molar-refractivity contribution in [3.63, 3.8) is 0 Å². The first-order valence-electron chi connectivity index (χ1n) is 5.62. The molecule has 0 heterocycles. The van der Waals surface area contributed by atoms with Crippen molar-refractivity contribution in [2.45, 2.75) is 26.9 Å². The average molecular weight is 269 g/mol. The summed E-state index contributed by atoms with van der Waals surface area (Å²) in [5.41, 5.74) is 1.02. The second-order valence-corrected chi connectivity index (χ2v) is 3.75. The molecule has 0 N–H and O–H groups in total. The summed E-state index contributed by atoms with van der Waals surface area (Å²) in [6.07, 6.45) is -0.217. The molecule has 0 amide bonds. The molecule has 0 spiro atoms. The summed E-state index contributed by atoms with van der Waals surface area (Å²) >= 11 is 0. The topological polar surface area (TPSA) is 59.3 Å². The van der Waals surface area contributed by atoms with E-state index in [1.165, 1.54) is 12.1 Å². The van der Waals surface area contributed by atoms with Crippen LogP contribution in [0, 0.1) is 18.3 Å². The maximum atomic E-state index is 12.3. The van der Waals surface area contributed by atoms with Crippen LogP contribution in [0.15, 0.2) is 12.1 Å². The fraction of sp³-hybridized carbons (Fsp3) is 0.385. The normalized spacial score (nSPS) is 10.1. The van der Waals surface area contributed by atoms with E-state index in [4.69, 9.17) is 10.00 Å². The second kappa shape index (κ2) is 6.69. The van der Waals surface area contributed by atoms with Crippen LogP contribution in [0.2, 0.25) is 0 Å². The SMILES string of the molecule is CCOC(=O)Cc1cc(C#N)c(C)cc1OC(F)F. The van der Waals surface area contributed by atoms with Gasteiger partial charge in [-0.2, -0.15) is 14.0 Å². The van der Waals surface area contributed by atoms with Crippen LogP contribution in [-0.4, -0.2) is 19.2 Å². The van der Waals surface area contributed by atoms with Gasteiger partial charge in [0.1, 0.15) is 5.75 Å². The Kier molecular flexibility index (Phi) is 5.24. The molecule has 19 heavy (non-hydrogen) atoms. The zero-order valence-electron chi connectivity index (χ0n) is 10.6. The van der Waals surface area contributed by atoms with E-state index in [1.54, 1.807) is 13.8 Å². The molecule has 1 aromatic carbocycles. The standard InChI is InChI=1S/C13H13F2NO3/c1-3-18-12(17)6-9-5-10(7-16)8(2)4-11(9)19-13(14)15/h4-5,13H,3,6H2,1-2H3. The van der Waals surface area contributed by atoms with Crippen molar-refractivity contribution in [2.75, 3.05) is 6.61 Å². The maximum absolute atomic E-state index is 12.3. The maximum Gasteiger partial charge on any atom is 0.387 e. The molecule has 0 fully saturated rings. The lowest BCUT2D eigenvalue weighted by molar-refractivity contribution is -0.142. The van der Waals surface area contributed by atoms with Crippen molar-refractivity contribution in [3.05, 3.63) is 28.8 Å². The third-order valence-electron chi connectivity index (χ3n) is 2.38.